The molecule has 2 aliphatic rings. The van der Waals surface area contributed by atoms with Crippen LogP contribution < -0.4 is 4.74 Å². The molecule has 0 saturated carbocycles. The third-order valence-corrected chi connectivity index (χ3v) is 6.93. The monoisotopic (exact) mass is 548 g/mol. The van der Waals surface area contributed by atoms with Gasteiger partial charge in [-0.1, -0.05) is 50.6 Å². The second kappa shape index (κ2) is 13.8. The summed E-state index contributed by atoms with van der Waals surface area (Å²) in [4.78, 5) is 11.5. The van der Waals surface area contributed by atoms with Gasteiger partial charge in [0.05, 0.1) is 19.6 Å². The minimum absolute atomic E-state index is 0.0836. The number of hydrogen-bond acceptors (Lipinski definition) is 7. The van der Waals surface area contributed by atoms with Gasteiger partial charge in [-0.25, -0.2) is 0 Å². The van der Waals surface area contributed by atoms with Crippen LogP contribution in [0.4, 0.5) is 0 Å². The van der Waals surface area contributed by atoms with Crippen molar-refractivity contribution in [2.75, 3.05) is 19.8 Å². The number of benzene rings is 2. The molecule has 1 fully saturated rings. The third-order valence-electron chi connectivity index (χ3n) is 6.58. The molecule has 1 saturated heterocycles. The van der Waals surface area contributed by atoms with Crippen molar-refractivity contribution < 1.29 is 34.3 Å². The van der Waals surface area contributed by atoms with Gasteiger partial charge in [0, 0.05) is 5.02 Å². The summed E-state index contributed by atoms with van der Waals surface area (Å²) >= 11 is 6.41. The Morgan fingerprint density at radius 3 is 2.34 bits per heavy atom. The highest BCUT2D eigenvalue weighted by atomic mass is 35.5. The lowest BCUT2D eigenvalue weighted by Crippen LogP contribution is -2.54. The second-order valence-electron chi connectivity index (χ2n) is 11.2. The van der Waals surface area contributed by atoms with E-state index < -0.39 is 24.4 Å². The van der Waals surface area contributed by atoms with Crippen molar-refractivity contribution in [1.82, 2.24) is 0 Å². The van der Waals surface area contributed by atoms with Crippen LogP contribution in [0.15, 0.2) is 36.4 Å². The molecule has 1 heterocycles. The van der Waals surface area contributed by atoms with Gasteiger partial charge < -0.3 is 29.5 Å². The molecule has 0 bridgehead atoms. The molecule has 4 rings (SSSR count). The van der Waals surface area contributed by atoms with E-state index in [0.29, 0.717) is 6.61 Å². The van der Waals surface area contributed by atoms with E-state index in [2.05, 4.69) is 24.3 Å². The van der Waals surface area contributed by atoms with E-state index in [0.717, 1.165) is 17.2 Å². The average molecular weight is 549 g/mol. The van der Waals surface area contributed by atoms with Crippen molar-refractivity contribution in [2.24, 2.45) is 5.41 Å². The number of fused-ring (bicyclic) bond motifs is 1. The molecule has 1 aliphatic heterocycles. The van der Waals surface area contributed by atoms with Crippen LogP contribution in [0.1, 0.15) is 62.8 Å². The number of aliphatic hydroxyl groups is 3. The molecule has 0 aromatic heterocycles. The number of esters is 1. The van der Waals surface area contributed by atoms with Crippen LogP contribution in [0.3, 0.4) is 0 Å². The maximum Gasteiger partial charge on any atom is 0.306 e. The lowest BCUT2D eigenvalue weighted by molar-refractivity contribution is -0.201. The number of halogens is 1. The molecule has 0 amide bonds. The molecule has 8 heteroatoms. The van der Waals surface area contributed by atoms with Crippen molar-refractivity contribution in [3.63, 3.8) is 0 Å². The number of ether oxygens (including phenoxy) is 3. The zero-order valence-corrected chi connectivity index (χ0v) is 23.5. The summed E-state index contributed by atoms with van der Waals surface area (Å²) in [5, 5.41) is 29.2. The normalized spacial score (nSPS) is 22.7. The first-order valence-electron chi connectivity index (χ1n) is 13.3. The molecule has 4 atom stereocenters. The first-order chi connectivity index (χ1) is 18.0. The third kappa shape index (κ3) is 8.95. The predicted octanol–water partition coefficient (Wildman–Crippen LogP) is 4.27. The summed E-state index contributed by atoms with van der Waals surface area (Å²) in [6.45, 7) is 8.24. The van der Waals surface area contributed by atoms with Crippen molar-refractivity contribution in [3.05, 3.63) is 63.7 Å². The fraction of sp³-hybridized carbons (Fsp3) is 0.567. The topological polar surface area (TPSA) is 105 Å². The lowest BCUT2D eigenvalue weighted by Gasteiger charge is -2.34. The lowest BCUT2D eigenvalue weighted by atomic mass is 9.92. The fourth-order valence-corrected chi connectivity index (χ4v) is 4.80. The molecule has 38 heavy (non-hydrogen) atoms. The number of carbonyl (C=O) groups excluding carboxylic acids is 1. The minimum atomic E-state index is -1.27. The molecule has 2 aromatic carbocycles. The van der Waals surface area contributed by atoms with Crippen LogP contribution in [0, 0.1) is 5.41 Å². The van der Waals surface area contributed by atoms with Gasteiger partial charge in [0.25, 0.3) is 0 Å². The summed E-state index contributed by atoms with van der Waals surface area (Å²) in [6.07, 6.45) is 0.355. The zero-order chi connectivity index (χ0) is 27.9. The van der Waals surface area contributed by atoms with E-state index in [1.807, 2.05) is 39.8 Å². The quantitative estimate of drug-likeness (QED) is 0.444. The standard InChI is InChI=1S/C18H19ClO.C12H22O6/c1-2-20-17-8-6-13(7-9-17)10-16-11-14-4-3-5-15(14)12-18(16)19;1-12(2,3)4-9(14)18-6-8-11(16)10(15)7(13)5-17-8/h6-9,11-12H,2-5,10H2,1H3;7-8,10-11,13,15-16H,4-6H2,1-3H3/t;7-,8+,10+,11+/m.0/s1. The van der Waals surface area contributed by atoms with Crippen LogP contribution in [0.5, 0.6) is 5.75 Å². The number of hydrogen-bond donors (Lipinski definition) is 3. The smallest absolute Gasteiger partial charge is 0.306 e. The maximum absolute atomic E-state index is 11.5. The first kappa shape index (κ1) is 30.4. The molecule has 3 N–H and O–H groups in total. The van der Waals surface area contributed by atoms with Crippen LogP contribution in [0.2, 0.25) is 5.02 Å². The molecule has 210 valence electrons. The number of rotatable bonds is 7. The molecule has 1 aliphatic carbocycles. The van der Waals surface area contributed by atoms with Gasteiger partial charge in [0.15, 0.2) is 0 Å². The zero-order valence-electron chi connectivity index (χ0n) is 22.8. The van der Waals surface area contributed by atoms with Gasteiger partial charge in [-0.2, -0.15) is 0 Å². The summed E-state index contributed by atoms with van der Waals surface area (Å²) in [5.74, 6) is 0.551. The largest absolute Gasteiger partial charge is 0.494 e. The van der Waals surface area contributed by atoms with Crippen LogP contribution in [-0.2, 0) is 33.5 Å². The van der Waals surface area contributed by atoms with E-state index in [1.54, 1.807) is 0 Å². The summed E-state index contributed by atoms with van der Waals surface area (Å²) in [6, 6.07) is 12.7. The summed E-state index contributed by atoms with van der Waals surface area (Å²) in [5.41, 5.74) is 5.25. The Balaban J connectivity index is 0.000000212. The average Bonchev–Trinajstić information content (AvgIpc) is 3.30. The van der Waals surface area contributed by atoms with E-state index in [9.17, 15) is 20.1 Å². The Hall–Kier alpha value is -2.16. The number of aliphatic hydroxyl groups excluding tert-OH is 3. The van der Waals surface area contributed by atoms with Gasteiger partial charge in [0.2, 0.25) is 0 Å². The van der Waals surface area contributed by atoms with Crippen LogP contribution >= 0.6 is 11.6 Å². The van der Waals surface area contributed by atoms with Crippen molar-refractivity contribution in [1.29, 1.82) is 0 Å². The molecular weight excluding hydrogens is 508 g/mol. The van der Waals surface area contributed by atoms with E-state index in [-0.39, 0.29) is 31.0 Å². The molecule has 0 spiro atoms. The maximum atomic E-state index is 11.5. The molecule has 0 unspecified atom stereocenters. The Kier molecular flexibility index (Phi) is 11.0. The van der Waals surface area contributed by atoms with Crippen molar-refractivity contribution in [3.8, 4) is 5.75 Å². The van der Waals surface area contributed by atoms with Crippen LogP contribution in [0.25, 0.3) is 0 Å². The van der Waals surface area contributed by atoms with Gasteiger partial charge >= 0.3 is 5.97 Å². The van der Waals surface area contributed by atoms with E-state index in [1.165, 1.54) is 41.5 Å². The Morgan fingerprint density at radius 2 is 1.71 bits per heavy atom. The molecule has 7 nitrogen and oxygen atoms in total. The summed E-state index contributed by atoms with van der Waals surface area (Å²) in [7, 11) is 0. The highest BCUT2D eigenvalue weighted by Crippen LogP contribution is 2.30. The van der Waals surface area contributed by atoms with Crippen molar-refractivity contribution >= 4 is 17.6 Å². The van der Waals surface area contributed by atoms with E-state index >= 15 is 0 Å². The number of carbonyl (C=O) groups is 1. The first-order valence-corrected chi connectivity index (χ1v) is 13.7. The fourth-order valence-electron chi connectivity index (χ4n) is 4.54. The Morgan fingerprint density at radius 1 is 1.05 bits per heavy atom. The van der Waals surface area contributed by atoms with Crippen LogP contribution in [-0.4, -0.2) is 65.5 Å². The molecular formula is C30H41ClO7. The van der Waals surface area contributed by atoms with Crippen molar-refractivity contribution in [2.45, 2.75) is 84.2 Å². The van der Waals surface area contributed by atoms with Gasteiger partial charge in [-0.3, -0.25) is 4.79 Å². The van der Waals surface area contributed by atoms with Gasteiger partial charge in [0.1, 0.15) is 36.8 Å². The van der Waals surface area contributed by atoms with E-state index in [4.69, 9.17) is 25.8 Å². The second-order valence-corrected chi connectivity index (χ2v) is 11.6. The molecule has 0 radical (unpaired) electrons. The molecule has 2 aromatic rings. The highest BCUT2D eigenvalue weighted by Gasteiger charge is 2.38. The Bertz CT molecular complexity index is 1050. The van der Waals surface area contributed by atoms with Gasteiger partial charge in [-0.05, 0) is 78.5 Å². The Labute approximate surface area is 230 Å². The summed E-state index contributed by atoms with van der Waals surface area (Å²) < 4.78 is 15.6. The minimum Gasteiger partial charge on any atom is -0.494 e. The van der Waals surface area contributed by atoms with Gasteiger partial charge in [-0.15, -0.1) is 0 Å². The highest BCUT2D eigenvalue weighted by molar-refractivity contribution is 6.31. The number of aryl methyl sites for hydroxylation is 2. The predicted molar refractivity (Wildman–Crippen MR) is 147 cm³/mol. The SMILES string of the molecule is CC(C)(C)CC(=O)OC[C@H]1OC[C@H](O)[C@@H](O)[C@@H]1O.CCOc1ccc(Cc2cc3c(cc2Cl)CCC3)cc1.